The van der Waals surface area contributed by atoms with E-state index in [2.05, 4.69) is 0 Å². The van der Waals surface area contributed by atoms with Crippen LogP contribution in [0.15, 0.2) is 58.3 Å². The predicted octanol–water partition coefficient (Wildman–Crippen LogP) is 3.21. The van der Waals surface area contributed by atoms with Gasteiger partial charge in [-0.3, -0.25) is 0 Å². The molecule has 0 amide bonds. The highest BCUT2D eigenvalue weighted by atomic mass is 35.6. The molecule has 2 unspecified atom stereocenters. The third-order valence-corrected chi connectivity index (χ3v) is 8.12. The molecule has 0 bridgehead atoms. The summed E-state index contributed by atoms with van der Waals surface area (Å²) in [5.41, 5.74) is 1.41. The van der Waals surface area contributed by atoms with Crippen LogP contribution in [0.4, 0.5) is 0 Å². The summed E-state index contributed by atoms with van der Waals surface area (Å²) >= 11 is 32.8. The summed E-state index contributed by atoms with van der Waals surface area (Å²) in [4.78, 5) is -0.334. The highest BCUT2D eigenvalue weighted by Crippen LogP contribution is 2.30. The van der Waals surface area contributed by atoms with E-state index < -0.39 is 40.1 Å². The first-order chi connectivity index (χ1) is 14.9. The van der Waals surface area contributed by atoms with E-state index in [0.29, 0.717) is 17.5 Å². The number of aliphatic hydroxyl groups is 2. The minimum absolute atomic E-state index is 0.167. The van der Waals surface area contributed by atoms with E-state index >= 15 is 0 Å². The van der Waals surface area contributed by atoms with Gasteiger partial charge in [-0.25, -0.2) is 16.8 Å². The number of aliphatic hydroxyl groups excluding tert-OH is 2. The van der Waals surface area contributed by atoms with E-state index in [1.54, 1.807) is 0 Å². The highest BCUT2D eigenvalue weighted by Gasteiger charge is 2.35. The molecule has 0 saturated heterocycles. The van der Waals surface area contributed by atoms with E-state index in [0.717, 1.165) is 0 Å². The smallest absolute Gasteiger partial charge is 0.242 e. The van der Waals surface area contributed by atoms with Gasteiger partial charge >= 0.3 is 0 Å². The van der Waals surface area contributed by atoms with Crippen LogP contribution in [0.25, 0.3) is 0 Å². The molecule has 0 radical (unpaired) electrons. The van der Waals surface area contributed by atoms with Gasteiger partial charge in [-0.05, 0) is 41.8 Å². The van der Waals surface area contributed by atoms with E-state index in [-0.39, 0.29) is 9.79 Å². The van der Waals surface area contributed by atoms with E-state index in [1.807, 2.05) is 9.44 Å². The Morgan fingerprint density at radius 3 is 1.15 bits per heavy atom. The zero-order valence-corrected chi connectivity index (χ0v) is 22.3. The van der Waals surface area contributed by atoms with Gasteiger partial charge in [-0.15, -0.1) is 0 Å². The standard InChI is InChI=1S/C17H16Cl6N2O6S2/c18-16(19,20)14(26)24-32(28,29)12-5-1-10(2-6-12)9-11-3-7-13(8-4-11)33(30,31)25-15(27)17(21,22)23/h1-8,14-15,24-27H,9H2. The lowest BCUT2D eigenvalue weighted by molar-refractivity contribution is 0.167. The third-order valence-electron chi connectivity index (χ3n) is 4.03. The molecule has 0 aliphatic carbocycles. The summed E-state index contributed by atoms with van der Waals surface area (Å²) in [6, 6.07) is 11.3. The van der Waals surface area contributed by atoms with Gasteiger partial charge < -0.3 is 10.2 Å². The molecule has 33 heavy (non-hydrogen) atoms. The molecular weight excluding hydrogens is 605 g/mol. The summed E-state index contributed by atoms with van der Waals surface area (Å²) in [5, 5.41) is 19.3. The molecule has 0 saturated carbocycles. The average molecular weight is 621 g/mol. The van der Waals surface area contributed by atoms with Crippen LogP contribution in [0.5, 0.6) is 0 Å². The fourth-order valence-corrected chi connectivity index (χ4v) is 5.29. The van der Waals surface area contributed by atoms with E-state index in [1.165, 1.54) is 48.5 Å². The second-order valence-corrected chi connectivity index (χ2v) is 14.8. The maximum Gasteiger partial charge on any atom is 0.242 e. The lowest BCUT2D eigenvalue weighted by Gasteiger charge is -2.20. The highest BCUT2D eigenvalue weighted by molar-refractivity contribution is 7.89. The second kappa shape index (κ2) is 10.9. The summed E-state index contributed by atoms with van der Waals surface area (Å²) in [6.07, 6.45) is -3.56. The van der Waals surface area contributed by atoms with Crippen LogP contribution in [-0.2, 0) is 26.5 Å². The summed E-state index contributed by atoms with van der Waals surface area (Å²) in [7, 11) is -8.30. The van der Waals surface area contributed by atoms with Crippen LogP contribution >= 0.6 is 69.6 Å². The van der Waals surface area contributed by atoms with Crippen LogP contribution in [0, 0.1) is 0 Å². The molecule has 2 atom stereocenters. The Kier molecular flexibility index (Phi) is 9.63. The number of rotatable bonds is 8. The lowest BCUT2D eigenvalue weighted by Crippen LogP contribution is -2.43. The SMILES string of the molecule is O=S(=O)(NC(O)C(Cl)(Cl)Cl)c1ccc(Cc2ccc(S(=O)(=O)NC(O)C(Cl)(Cl)Cl)cc2)cc1. The van der Waals surface area contributed by atoms with Gasteiger partial charge in [-0.2, -0.15) is 9.44 Å². The van der Waals surface area contributed by atoms with Gasteiger partial charge in [0.15, 0.2) is 12.5 Å². The van der Waals surface area contributed by atoms with E-state index in [9.17, 15) is 27.0 Å². The van der Waals surface area contributed by atoms with Crippen LogP contribution in [0.3, 0.4) is 0 Å². The van der Waals surface area contributed by atoms with Gasteiger partial charge in [0.25, 0.3) is 0 Å². The summed E-state index contributed by atoms with van der Waals surface area (Å²) < 4.78 is 48.3. The normalized spacial score (nSPS) is 15.3. The molecule has 8 nitrogen and oxygen atoms in total. The molecular formula is C17H16Cl6N2O6S2. The maximum absolute atomic E-state index is 12.3. The second-order valence-electron chi connectivity index (χ2n) is 6.60. The van der Waals surface area contributed by atoms with Crippen LogP contribution in [0.2, 0.25) is 0 Å². The number of nitrogens with one attached hydrogen (secondary N) is 2. The van der Waals surface area contributed by atoms with Gasteiger partial charge in [0.1, 0.15) is 0 Å². The van der Waals surface area contributed by atoms with Crippen molar-refractivity contribution in [2.24, 2.45) is 0 Å². The van der Waals surface area contributed by atoms with Crippen LogP contribution < -0.4 is 9.44 Å². The molecule has 0 aromatic heterocycles. The first kappa shape index (κ1) is 29.2. The summed E-state index contributed by atoms with van der Waals surface area (Å²) in [6.45, 7) is 0. The van der Waals surface area contributed by atoms with Crippen molar-refractivity contribution in [2.75, 3.05) is 0 Å². The zero-order valence-electron chi connectivity index (χ0n) is 16.1. The first-order valence-corrected chi connectivity index (χ1v) is 13.9. The van der Waals surface area contributed by atoms with Crippen molar-refractivity contribution >= 4 is 89.7 Å². The molecule has 2 rings (SSSR count). The fraction of sp³-hybridized carbons (Fsp3) is 0.294. The van der Waals surface area contributed by atoms with Crippen molar-refractivity contribution in [3.05, 3.63) is 59.7 Å². The number of sulfonamides is 2. The van der Waals surface area contributed by atoms with Crippen molar-refractivity contribution < 1.29 is 27.0 Å². The Hall–Kier alpha value is -0.0800. The molecule has 16 heteroatoms. The van der Waals surface area contributed by atoms with Crippen molar-refractivity contribution in [2.45, 2.75) is 36.3 Å². The number of benzene rings is 2. The minimum Gasteiger partial charge on any atom is -0.373 e. The van der Waals surface area contributed by atoms with E-state index in [4.69, 9.17) is 69.6 Å². The van der Waals surface area contributed by atoms with Gasteiger partial charge in [0.05, 0.1) is 9.79 Å². The number of hydrogen-bond donors (Lipinski definition) is 4. The monoisotopic (exact) mass is 618 g/mol. The molecule has 184 valence electrons. The molecule has 4 N–H and O–H groups in total. The maximum atomic E-state index is 12.3. The number of halogens is 6. The third kappa shape index (κ3) is 8.52. The Balaban J connectivity index is 2.10. The van der Waals surface area contributed by atoms with Crippen molar-refractivity contribution in [3.8, 4) is 0 Å². The van der Waals surface area contributed by atoms with Crippen LogP contribution in [0.1, 0.15) is 11.1 Å². The topological polar surface area (TPSA) is 133 Å². The minimum atomic E-state index is -4.15. The summed E-state index contributed by atoms with van der Waals surface area (Å²) in [5.74, 6) is 0. The molecule has 0 heterocycles. The zero-order chi connectivity index (χ0) is 25.2. The average Bonchev–Trinajstić information content (AvgIpc) is 2.66. The molecule has 2 aromatic rings. The van der Waals surface area contributed by atoms with Crippen molar-refractivity contribution in [1.29, 1.82) is 0 Å². The first-order valence-electron chi connectivity index (χ1n) is 8.64. The molecule has 0 spiro atoms. The Labute approximate surface area is 220 Å². The molecule has 2 aromatic carbocycles. The number of alkyl halides is 6. The lowest BCUT2D eigenvalue weighted by atomic mass is 10.1. The fourth-order valence-electron chi connectivity index (χ4n) is 2.37. The van der Waals surface area contributed by atoms with Crippen molar-refractivity contribution in [3.63, 3.8) is 0 Å². The Morgan fingerprint density at radius 1 is 0.636 bits per heavy atom. The quantitative estimate of drug-likeness (QED) is 0.265. The van der Waals surface area contributed by atoms with Gasteiger partial charge in [-0.1, -0.05) is 93.9 Å². The number of hydrogen-bond acceptors (Lipinski definition) is 6. The largest absolute Gasteiger partial charge is 0.373 e. The predicted molar refractivity (Wildman–Crippen MR) is 129 cm³/mol. The molecule has 0 fully saturated rings. The van der Waals surface area contributed by atoms with Crippen molar-refractivity contribution in [1.82, 2.24) is 9.44 Å². The molecule has 0 aliphatic rings. The van der Waals surface area contributed by atoms with Gasteiger partial charge in [0.2, 0.25) is 27.6 Å². The van der Waals surface area contributed by atoms with Gasteiger partial charge in [0, 0.05) is 0 Å². The molecule has 0 aliphatic heterocycles. The Morgan fingerprint density at radius 2 is 0.909 bits per heavy atom. The Bertz CT molecular complexity index is 1070. The van der Waals surface area contributed by atoms with Crippen LogP contribution in [-0.4, -0.2) is 47.1 Å².